The lowest BCUT2D eigenvalue weighted by Gasteiger charge is -2.24. The van der Waals surface area contributed by atoms with Crippen molar-refractivity contribution < 1.29 is 9.53 Å². The summed E-state index contributed by atoms with van der Waals surface area (Å²) in [5, 5.41) is 0. The van der Waals surface area contributed by atoms with E-state index < -0.39 is 11.5 Å². The molecule has 1 N–H and O–H groups in total. The van der Waals surface area contributed by atoms with Crippen LogP contribution in [0.25, 0.3) is 0 Å². The van der Waals surface area contributed by atoms with Crippen LogP contribution in [0.1, 0.15) is 35.4 Å². The highest BCUT2D eigenvalue weighted by atomic mass is 16.5. The standard InChI is InChI=1S/C11H14N2O3/c1-16-11(15)8-6-12-9(13-10(8)14)5-7-3-2-4-7/h6-7H,2-5H2,1H3,(H,12,13,14). The number of aromatic nitrogens is 2. The molecule has 2 rings (SSSR count). The number of nitrogens with zero attached hydrogens (tertiary/aromatic N) is 1. The minimum atomic E-state index is -0.649. The first-order valence-corrected chi connectivity index (χ1v) is 5.37. The predicted octanol–water partition coefficient (Wildman–Crippen LogP) is 0.899. The van der Waals surface area contributed by atoms with Gasteiger partial charge in [0, 0.05) is 12.6 Å². The summed E-state index contributed by atoms with van der Waals surface area (Å²) < 4.78 is 4.47. The number of rotatable bonds is 3. The lowest BCUT2D eigenvalue weighted by molar-refractivity contribution is 0.0598. The van der Waals surface area contributed by atoms with Gasteiger partial charge in [0.2, 0.25) is 0 Å². The molecule has 1 saturated carbocycles. The summed E-state index contributed by atoms with van der Waals surface area (Å²) in [6.45, 7) is 0. The highest BCUT2D eigenvalue weighted by Crippen LogP contribution is 2.28. The van der Waals surface area contributed by atoms with Crippen LogP contribution in [0.5, 0.6) is 0 Å². The van der Waals surface area contributed by atoms with Gasteiger partial charge < -0.3 is 9.72 Å². The Bertz CT molecular complexity index is 449. The zero-order valence-electron chi connectivity index (χ0n) is 9.16. The van der Waals surface area contributed by atoms with E-state index in [0.717, 1.165) is 6.42 Å². The van der Waals surface area contributed by atoms with E-state index in [1.165, 1.54) is 32.6 Å². The number of carbonyl (C=O) groups is 1. The molecule has 0 saturated heterocycles. The van der Waals surface area contributed by atoms with Crippen molar-refractivity contribution in [2.45, 2.75) is 25.7 Å². The van der Waals surface area contributed by atoms with E-state index in [1.54, 1.807) is 0 Å². The van der Waals surface area contributed by atoms with Crippen LogP contribution in [0, 0.1) is 5.92 Å². The molecule has 0 aliphatic heterocycles. The summed E-state index contributed by atoms with van der Waals surface area (Å²) in [7, 11) is 1.24. The first-order valence-electron chi connectivity index (χ1n) is 5.37. The van der Waals surface area contributed by atoms with Gasteiger partial charge in [-0.25, -0.2) is 9.78 Å². The van der Waals surface area contributed by atoms with E-state index >= 15 is 0 Å². The number of esters is 1. The van der Waals surface area contributed by atoms with Gasteiger partial charge in [-0.15, -0.1) is 0 Å². The van der Waals surface area contributed by atoms with Crippen LogP contribution in [-0.4, -0.2) is 23.0 Å². The molecule has 86 valence electrons. The van der Waals surface area contributed by atoms with Crippen molar-refractivity contribution in [2.75, 3.05) is 7.11 Å². The Kier molecular flexibility index (Phi) is 3.03. The molecular weight excluding hydrogens is 208 g/mol. The summed E-state index contributed by atoms with van der Waals surface area (Å²) in [5.74, 6) is 0.637. The molecule has 5 nitrogen and oxygen atoms in total. The maximum Gasteiger partial charge on any atom is 0.345 e. The molecule has 0 spiro atoms. The van der Waals surface area contributed by atoms with Crippen molar-refractivity contribution in [1.29, 1.82) is 0 Å². The number of aromatic amines is 1. The van der Waals surface area contributed by atoms with Gasteiger partial charge in [0.25, 0.3) is 5.56 Å². The monoisotopic (exact) mass is 222 g/mol. The molecule has 1 aromatic heterocycles. The smallest absolute Gasteiger partial charge is 0.345 e. The van der Waals surface area contributed by atoms with Crippen LogP contribution in [0.2, 0.25) is 0 Å². The van der Waals surface area contributed by atoms with E-state index in [9.17, 15) is 9.59 Å². The van der Waals surface area contributed by atoms with E-state index in [4.69, 9.17) is 0 Å². The van der Waals surface area contributed by atoms with Crippen LogP contribution in [0.15, 0.2) is 11.0 Å². The van der Waals surface area contributed by atoms with Crippen molar-refractivity contribution in [3.63, 3.8) is 0 Å². The van der Waals surface area contributed by atoms with Gasteiger partial charge in [-0.1, -0.05) is 19.3 Å². The number of H-pyrrole nitrogens is 1. The van der Waals surface area contributed by atoms with Gasteiger partial charge >= 0.3 is 5.97 Å². The quantitative estimate of drug-likeness (QED) is 0.771. The van der Waals surface area contributed by atoms with Gasteiger partial charge in [-0.3, -0.25) is 4.79 Å². The van der Waals surface area contributed by atoms with E-state index in [2.05, 4.69) is 14.7 Å². The SMILES string of the molecule is COC(=O)c1cnc(CC2CCC2)[nH]c1=O. The summed E-state index contributed by atoms with van der Waals surface area (Å²) in [5.41, 5.74) is -0.462. The Balaban J connectivity index is 2.15. The maximum absolute atomic E-state index is 11.5. The van der Waals surface area contributed by atoms with E-state index in [1.807, 2.05) is 0 Å². The van der Waals surface area contributed by atoms with Gasteiger partial charge in [-0.2, -0.15) is 0 Å². The van der Waals surface area contributed by atoms with Crippen molar-refractivity contribution in [3.8, 4) is 0 Å². The van der Waals surface area contributed by atoms with Crippen LogP contribution in [0.3, 0.4) is 0 Å². The Hall–Kier alpha value is -1.65. The first kappa shape index (κ1) is 10.9. The molecule has 0 bridgehead atoms. The molecule has 1 heterocycles. The lowest BCUT2D eigenvalue weighted by Crippen LogP contribution is -2.23. The zero-order chi connectivity index (χ0) is 11.5. The molecule has 0 unspecified atom stereocenters. The van der Waals surface area contributed by atoms with Gasteiger partial charge in [0.15, 0.2) is 0 Å². The number of hydrogen-bond donors (Lipinski definition) is 1. The number of nitrogens with one attached hydrogen (secondary N) is 1. The number of methoxy groups -OCH3 is 1. The summed E-state index contributed by atoms with van der Waals surface area (Å²) >= 11 is 0. The first-order chi connectivity index (χ1) is 7.70. The van der Waals surface area contributed by atoms with Crippen LogP contribution in [-0.2, 0) is 11.2 Å². The second kappa shape index (κ2) is 4.47. The fourth-order valence-corrected chi connectivity index (χ4v) is 1.76. The highest BCUT2D eigenvalue weighted by Gasteiger charge is 2.19. The van der Waals surface area contributed by atoms with Crippen molar-refractivity contribution in [2.24, 2.45) is 5.92 Å². The second-order valence-corrected chi connectivity index (χ2v) is 4.07. The minimum Gasteiger partial charge on any atom is -0.465 e. The molecule has 0 amide bonds. The van der Waals surface area contributed by atoms with Gasteiger partial charge in [0.1, 0.15) is 11.4 Å². The topological polar surface area (TPSA) is 72.0 Å². The Morgan fingerprint density at radius 3 is 2.88 bits per heavy atom. The Morgan fingerprint density at radius 2 is 2.38 bits per heavy atom. The third kappa shape index (κ3) is 2.13. The molecule has 0 aromatic carbocycles. The summed E-state index contributed by atoms with van der Waals surface area (Å²) in [6, 6.07) is 0. The number of hydrogen-bond acceptors (Lipinski definition) is 4. The molecule has 0 atom stereocenters. The lowest BCUT2D eigenvalue weighted by atomic mass is 9.83. The van der Waals surface area contributed by atoms with Crippen molar-refractivity contribution in [1.82, 2.24) is 9.97 Å². The van der Waals surface area contributed by atoms with Crippen molar-refractivity contribution >= 4 is 5.97 Å². The summed E-state index contributed by atoms with van der Waals surface area (Å²) in [6.07, 6.45) is 5.73. The Labute approximate surface area is 92.9 Å². The predicted molar refractivity (Wildman–Crippen MR) is 57.2 cm³/mol. The molecule has 1 fully saturated rings. The largest absolute Gasteiger partial charge is 0.465 e. The minimum absolute atomic E-state index is 0.0418. The number of carbonyl (C=O) groups excluding carboxylic acids is 1. The molecular formula is C11H14N2O3. The van der Waals surface area contributed by atoms with Crippen molar-refractivity contribution in [3.05, 3.63) is 27.9 Å². The molecule has 1 aliphatic carbocycles. The normalized spacial score (nSPS) is 15.6. The molecule has 1 aromatic rings. The number of ether oxygens (including phenoxy) is 1. The second-order valence-electron chi connectivity index (χ2n) is 4.07. The fourth-order valence-electron chi connectivity index (χ4n) is 1.76. The zero-order valence-corrected chi connectivity index (χ0v) is 9.16. The average molecular weight is 222 g/mol. The van der Waals surface area contributed by atoms with Gasteiger partial charge in [0.05, 0.1) is 7.11 Å². The van der Waals surface area contributed by atoms with Crippen LogP contribution < -0.4 is 5.56 Å². The van der Waals surface area contributed by atoms with Crippen LogP contribution >= 0.6 is 0 Å². The molecule has 5 heteroatoms. The van der Waals surface area contributed by atoms with Gasteiger partial charge in [-0.05, 0) is 5.92 Å². The molecule has 16 heavy (non-hydrogen) atoms. The highest BCUT2D eigenvalue weighted by molar-refractivity contribution is 5.88. The third-order valence-electron chi connectivity index (χ3n) is 2.96. The molecule has 1 aliphatic rings. The fraction of sp³-hybridized carbons (Fsp3) is 0.545. The molecule has 0 radical (unpaired) electrons. The van der Waals surface area contributed by atoms with E-state index in [0.29, 0.717) is 11.7 Å². The third-order valence-corrected chi connectivity index (χ3v) is 2.96. The average Bonchev–Trinajstić information content (AvgIpc) is 2.23. The Morgan fingerprint density at radius 1 is 1.62 bits per heavy atom. The maximum atomic E-state index is 11.5. The van der Waals surface area contributed by atoms with Crippen LogP contribution in [0.4, 0.5) is 0 Å². The van der Waals surface area contributed by atoms with E-state index in [-0.39, 0.29) is 5.56 Å². The summed E-state index contributed by atoms with van der Waals surface area (Å²) in [4.78, 5) is 29.4.